The molecule has 1 fully saturated rings. The second kappa shape index (κ2) is 7.96. The third-order valence-corrected chi connectivity index (χ3v) is 5.74. The molecule has 3 unspecified atom stereocenters. The maximum absolute atomic E-state index is 3.53. The van der Waals surface area contributed by atoms with Crippen molar-refractivity contribution in [2.75, 3.05) is 12.8 Å². The van der Waals surface area contributed by atoms with Crippen molar-refractivity contribution in [1.82, 2.24) is 5.32 Å². The Morgan fingerprint density at radius 3 is 2.68 bits per heavy atom. The third-order valence-electron chi connectivity index (χ3n) is 4.26. The van der Waals surface area contributed by atoms with Crippen molar-refractivity contribution in [3.8, 4) is 0 Å². The van der Waals surface area contributed by atoms with Crippen LogP contribution in [0.2, 0.25) is 0 Å². The molecule has 0 saturated heterocycles. The molecule has 2 heteroatoms. The maximum atomic E-state index is 3.53. The van der Waals surface area contributed by atoms with Crippen LogP contribution in [-0.4, -0.2) is 24.1 Å². The SMILES string of the molecule is CCCCSC1CC(c2ccccc2)CCC1NC. The summed E-state index contributed by atoms with van der Waals surface area (Å²) < 4.78 is 0. The quantitative estimate of drug-likeness (QED) is 0.771. The molecule has 1 aliphatic rings. The van der Waals surface area contributed by atoms with Gasteiger partial charge in [0.1, 0.15) is 0 Å². The summed E-state index contributed by atoms with van der Waals surface area (Å²) in [5, 5.41) is 4.32. The third kappa shape index (κ3) is 4.25. The zero-order valence-electron chi connectivity index (χ0n) is 12.3. The monoisotopic (exact) mass is 277 g/mol. The van der Waals surface area contributed by atoms with Crippen molar-refractivity contribution in [3.63, 3.8) is 0 Å². The van der Waals surface area contributed by atoms with E-state index in [1.165, 1.54) is 43.4 Å². The lowest BCUT2D eigenvalue weighted by Crippen LogP contribution is -2.40. The second-order valence-electron chi connectivity index (χ2n) is 5.58. The summed E-state index contributed by atoms with van der Waals surface area (Å²) in [7, 11) is 2.13. The Balaban J connectivity index is 1.95. The van der Waals surface area contributed by atoms with Gasteiger partial charge in [0.2, 0.25) is 0 Å². The van der Waals surface area contributed by atoms with E-state index in [-0.39, 0.29) is 0 Å². The van der Waals surface area contributed by atoms with Crippen molar-refractivity contribution in [3.05, 3.63) is 35.9 Å². The minimum atomic E-state index is 0.710. The van der Waals surface area contributed by atoms with Crippen LogP contribution in [0.5, 0.6) is 0 Å². The zero-order valence-corrected chi connectivity index (χ0v) is 13.1. The van der Waals surface area contributed by atoms with Crippen molar-refractivity contribution in [2.45, 2.75) is 56.2 Å². The van der Waals surface area contributed by atoms with Crippen molar-refractivity contribution in [2.24, 2.45) is 0 Å². The summed E-state index contributed by atoms with van der Waals surface area (Å²) in [4.78, 5) is 0. The van der Waals surface area contributed by atoms with Gasteiger partial charge >= 0.3 is 0 Å². The van der Waals surface area contributed by atoms with Gasteiger partial charge in [0, 0.05) is 11.3 Å². The number of rotatable bonds is 6. The van der Waals surface area contributed by atoms with Gasteiger partial charge in [-0.25, -0.2) is 0 Å². The summed E-state index contributed by atoms with van der Waals surface area (Å²) in [6, 6.07) is 11.8. The second-order valence-corrected chi connectivity index (χ2v) is 6.93. The summed E-state index contributed by atoms with van der Waals surface area (Å²) in [5.74, 6) is 2.09. The Morgan fingerprint density at radius 1 is 1.21 bits per heavy atom. The van der Waals surface area contributed by atoms with Crippen LogP contribution in [0.25, 0.3) is 0 Å². The van der Waals surface area contributed by atoms with Crippen molar-refractivity contribution < 1.29 is 0 Å². The summed E-state index contributed by atoms with van der Waals surface area (Å²) in [6.07, 6.45) is 6.66. The molecule has 1 N–H and O–H groups in total. The Hall–Kier alpha value is -0.470. The maximum Gasteiger partial charge on any atom is 0.0206 e. The molecule has 1 aromatic carbocycles. The van der Waals surface area contributed by atoms with Crippen LogP contribution in [0.1, 0.15) is 50.5 Å². The number of hydrogen-bond donors (Lipinski definition) is 1. The molecular formula is C17H27NS. The van der Waals surface area contributed by atoms with Crippen LogP contribution < -0.4 is 5.32 Å². The van der Waals surface area contributed by atoms with Gasteiger partial charge in [0.15, 0.2) is 0 Å². The smallest absolute Gasteiger partial charge is 0.0206 e. The van der Waals surface area contributed by atoms with E-state index in [1.54, 1.807) is 0 Å². The predicted molar refractivity (Wildman–Crippen MR) is 87.0 cm³/mol. The zero-order chi connectivity index (χ0) is 13.5. The van der Waals surface area contributed by atoms with Gasteiger partial charge in [-0.05, 0) is 50.0 Å². The van der Waals surface area contributed by atoms with Gasteiger partial charge in [-0.3, -0.25) is 0 Å². The normalized spacial score (nSPS) is 27.4. The Labute approximate surface area is 122 Å². The van der Waals surface area contributed by atoms with Gasteiger partial charge in [-0.1, -0.05) is 43.7 Å². The highest BCUT2D eigenvalue weighted by molar-refractivity contribution is 7.99. The fourth-order valence-corrected chi connectivity index (χ4v) is 4.68. The van der Waals surface area contributed by atoms with Gasteiger partial charge in [-0.2, -0.15) is 11.8 Å². The Bertz CT molecular complexity index is 352. The van der Waals surface area contributed by atoms with Gasteiger partial charge in [0.05, 0.1) is 0 Å². The molecule has 1 nitrogen and oxygen atoms in total. The fraction of sp³-hybridized carbons (Fsp3) is 0.647. The molecule has 0 aliphatic heterocycles. The lowest BCUT2D eigenvalue weighted by molar-refractivity contribution is 0.369. The average Bonchev–Trinajstić information content (AvgIpc) is 2.48. The molecule has 2 rings (SSSR count). The molecule has 0 radical (unpaired) electrons. The molecule has 1 saturated carbocycles. The first-order chi connectivity index (χ1) is 9.35. The number of benzene rings is 1. The van der Waals surface area contributed by atoms with E-state index in [2.05, 4.69) is 61.4 Å². The summed E-state index contributed by atoms with van der Waals surface area (Å²) in [5.41, 5.74) is 1.54. The van der Waals surface area contributed by atoms with Crippen molar-refractivity contribution >= 4 is 11.8 Å². The standard InChI is InChI=1S/C17H27NS/c1-3-4-12-19-17-13-15(10-11-16(17)18-2)14-8-6-5-7-9-14/h5-9,15-18H,3-4,10-13H2,1-2H3. The molecular weight excluding hydrogens is 250 g/mol. The fourth-order valence-electron chi connectivity index (χ4n) is 3.05. The van der Waals surface area contributed by atoms with E-state index in [0.29, 0.717) is 6.04 Å². The highest BCUT2D eigenvalue weighted by atomic mass is 32.2. The number of unbranched alkanes of at least 4 members (excludes halogenated alkanes) is 1. The molecule has 106 valence electrons. The van der Waals surface area contributed by atoms with E-state index in [0.717, 1.165) is 11.2 Å². The molecule has 1 aromatic rings. The molecule has 0 aromatic heterocycles. The van der Waals surface area contributed by atoms with E-state index in [9.17, 15) is 0 Å². The van der Waals surface area contributed by atoms with Crippen molar-refractivity contribution in [1.29, 1.82) is 0 Å². The Kier molecular flexibility index (Phi) is 6.25. The molecule has 0 bridgehead atoms. The Morgan fingerprint density at radius 2 is 2.00 bits per heavy atom. The number of thioether (sulfide) groups is 1. The van der Waals surface area contributed by atoms with E-state index >= 15 is 0 Å². The molecule has 3 atom stereocenters. The highest BCUT2D eigenvalue weighted by Gasteiger charge is 2.30. The molecule has 1 aliphatic carbocycles. The topological polar surface area (TPSA) is 12.0 Å². The number of hydrogen-bond acceptors (Lipinski definition) is 2. The van der Waals surface area contributed by atoms with Crippen LogP contribution in [0, 0.1) is 0 Å². The first kappa shape index (κ1) is 14.9. The lowest BCUT2D eigenvalue weighted by atomic mass is 9.81. The summed E-state index contributed by atoms with van der Waals surface area (Å²) >= 11 is 2.19. The van der Waals surface area contributed by atoms with Crippen LogP contribution >= 0.6 is 11.8 Å². The van der Waals surface area contributed by atoms with Crippen LogP contribution in [0.15, 0.2) is 30.3 Å². The van der Waals surface area contributed by atoms with E-state index < -0.39 is 0 Å². The van der Waals surface area contributed by atoms with Crippen LogP contribution in [-0.2, 0) is 0 Å². The molecule has 0 amide bonds. The van der Waals surface area contributed by atoms with E-state index in [1.807, 2.05) is 0 Å². The van der Waals surface area contributed by atoms with Gasteiger partial charge in [0.25, 0.3) is 0 Å². The minimum Gasteiger partial charge on any atom is -0.316 e. The first-order valence-corrected chi connectivity index (χ1v) is 8.73. The van der Waals surface area contributed by atoms with Gasteiger partial charge < -0.3 is 5.32 Å². The average molecular weight is 277 g/mol. The minimum absolute atomic E-state index is 0.710. The number of nitrogens with one attached hydrogen (secondary N) is 1. The van der Waals surface area contributed by atoms with Crippen LogP contribution in [0.4, 0.5) is 0 Å². The molecule has 19 heavy (non-hydrogen) atoms. The van der Waals surface area contributed by atoms with Gasteiger partial charge in [-0.15, -0.1) is 0 Å². The molecule has 0 heterocycles. The first-order valence-electron chi connectivity index (χ1n) is 7.69. The highest BCUT2D eigenvalue weighted by Crippen LogP contribution is 2.38. The van der Waals surface area contributed by atoms with E-state index in [4.69, 9.17) is 0 Å². The lowest BCUT2D eigenvalue weighted by Gasteiger charge is -2.36. The summed E-state index contributed by atoms with van der Waals surface area (Å²) in [6.45, 7) is 2.28. The largest absolute Gasteiger partial charge is 0.316 e. The predicted octanol–water partition coefficient (Wildman–Crippen LogP) is 4.44. The van der Waals surface area contributed by atoms with Crippen LogP contribution in [0.3, 0.4) is 0 Å². The molecule has 0 spiro atoms.